The highest BCUT2D eigenvalue weighted by Gasteiger charge is 2.28. The van der Waals surface area contributed by atoms with E-state index in [9.17, 15) is 4.79 Å². The second-order valence-corrected chi connectivity index (χ2v) is 7.35. The zero-order valence-corrected chi connectivity index (χ0v) is 16.6. The van der Waals surface area contributed by atoms with Gasteiger partial charge >= 0.3 is 0 Å². The van der Waals surface area contributed by atoms with E-state index in [-0.39, 0.29) is 18.6 Å². The van der Waals surface area contributed by atoms with Crippen molar-refractivity contribution in [2.24, 2.45) is 0 Å². The van der Waals surface area contributed by atoms with Gasteiger partial charge in [-0.3, -0.25) is 4.79 Å². The second-order valence-electron chi connectivity index (χ2n) is 7.35. The fourth-order valence-corrected chi connectivity index (χ4v) is 3.60. The van der Waals surface area contributed by atoms with E-state index in [0.717, 1.165) is 28.0 Å². The standard InChI is InChI=1S/C25H25NO3/c1-19-14-22(28-17-21-10-6-3-7-11-21)12-13-23(19)24-16-26(25(27)18-29-24)15-20-8-4-2-5-9-20/h2-14,24H,15-18H2,1H3. The number of rotatable bonds is 6. The summed E-state index contributed by atoms with van der Waals surface area (Å²) < 4.78 is 11.8. The lowest BCUT2D eigenvalue weighted by atomic mass is 10.0. The number of carbonyl (C=O) groups is 1. The van der Waals surface area contributed by atoms with Gasteiger partial charge < -0.3 is 14.4 Å². The van der Waals surface area contributed by atoms with Gasteiger partial charge in [-0.2, -0.15) is 0 Å². The Kier molecular flexibility index (Phi) is 5.92. The van der Waals surface area contributed by atoms with Crippen LogP contribution in [-0.4, -0.2) is 24.0 Å². The number of ether oxygens (including phenoxy) is 2. The van der Waals surface area contributed by atoms with Gasteiger partial charge in [0, 0.05) is 6.54 Å². The van der Waals surface area contributed by atoms with Crippen molar-refractivity contribution >= 4 is 5.91 Å². The Bertz CT molecular complexity index is 956. The van der Waals surface area contributed by atoms with E-state index in [1.54, 1.807) is 0 Å². The average Bonchev–Trinajstić information content (AvgIpc) is 2.76. The van der Waals surface area contributed by atoms with Crippen LogP contribution in [0.25, 0.3) is 0 Å². The first-order valence-electron chi connectivity index (χ1n) is 9.89. The lowest BCUT2D eigenvalue weighted by Crippen LogP contribution is -2.42. The number of hydrogen-bond acceptors (Lipinski definition) is 3. The summed E-state index contributed by atoms with van der Waals surface area (Å²) in [5.74, 6) is 0.869. The highest BCUT2D eigenvalue weighted by molar-refractivity contribution is 5.78. The molecule has 0 saturated carbocycles. The van der Waals surface area contributed by atoms with Crippen LogP contribution in [0.4, 0.5) is 0 Å². The van der Waals surface area contributed by atoms with E-state index < -0.39 is 0 Å². The molecule has 0 bridgehead atoms. The van der Waals surface area contributed by atoms with Crippen LogP contribution < -0.4 is 4.74 Å². The third-order valence-electron chi connectivity index (χ3n) is 5.20. The van der Waals surface area contributed by atoms with Crippen LogP contribution in [0.15, 0.2) is 78.9 Å². The zero-order chi connectivity index (χ0) is 20.1. The van der Waals surface area contributed by atoms with Gasteiger partial charge in [0.05, 0.1) is 6.54 Å². The molecule has 0 radical (unpaired) electrons. The van der Waals surface area contributed by atoms with Gasteiger partial charge in [-0.15, -0.1) is 0 Å². The molecule has 1 amide bonds. The summed E-state index contributed by atoms with van der Waals surface area (Å²) in [5, 5.41) is 0. The normalized spacial score (nSPS) is 16.7. The molecular weight excluding hydrogens is 362 g/mol. The van der Waals surface area contributed by atoms with E-state index in [1.807, 2.05) is 65.6 Å². The minimum absolute atomic E-state index is 0.0329. The Morgan fingerprint density at radius 3 is 2.34 bits per heavy atom. The molecule has 1 saturated heterocycles. The number of aryl methyl sites for hydroxylation is 1. The maximum Gasteiger partial charge on any atom is 0.249 e. The molecule has 1 aliphatic rings. The third kappa shape index (κ3) is 4.84. The molecule has 3 aromatic rings. The molecule has 1 heterocycles. The fourth-order valence-electron chi connectivity index (χ4n) is 3.60. The first kappa shape index (κ1) is 19.2. The van der Waals surface area contributed by atoms with Gasteiger partial charge in [-0.25, -0.2) is 0 Å². The summed E-state index contributed by atoms with van der Waals surface area (Å²) >= 11 is 0. The van der Waals surface area contributed by atoms with Crippen molar-refractivity contribution in [3.05, 3.63) is 101 Å². The molecule has 1 unspecified atom stereocenters. The number of amides is 1. The van der Waals surface area contributed by atoms with Crippen molar-refractivity contribution in [3.8, 4) is 5.75 Å². The maximum absolute atomic E-state index is 12.3. The van der Waals surface area contributed by atoms with Crippen LogP contribution in [0.2, 0.25) is 0 Å². The van der Waals surface area contributed by atoms with Crippen LogP contribution in [0.5, 0.6) is 5.75 Å². The summed E-state index contributed by atoms with van der Waals surface area (Å²) in [6.07, 6.45) is -0.125. The highest BCUT2D eigenvalue weighted by Crippen LogP contribution is 2.29. The summed E-state index contributed by atoms with van der Waals surface area (Å²) in [7, 11) is 0. The first-order chi connectivity index (χ1) is 14.2. The molecule has 3 aromatic carbocycles. The monoisotopic (exact) mass is 387 g/mol. The molecule has 4 heteroatoms. The molecule has 0 spiro atoms. The van der Waals surface area contributed by atoms with Crippen molar-refractivity contribution in [2.75, 3.05) is 13.2 Å². The van der Waals surface area contributed by atoms with Gasteiger partial charge in [0.1, 0.15) is 25.1 Å². The molecule has 148 valence electrons. The van der Waals surface area contributed by atoms with Crippen LogP contribution in [0, 0.1) is 6.92 Å². The molecule has 4 nitrogen and oxygen atoms in total. The Morgan fingerprint density at radius 2 is 1.66 bits per heavy atom. The minimum Gasteiger partial charge on any atom is -0.489 e. The quantitative estimate of drug-likeness (QED) is 0.617. The molecule has 0 aromatic heterocycles. The third-order valence-corrected chi connectivity index (χ3v) is 5.20. The Hall–Kier alpha value is -3.11. The van der Waals surface area contributed by atoms with E-state index in [4.69, 9.17) is 9.47 Å². The van der Waals surface area contributed by atoms with Crippen molar-refractivity contribution in [2.45, 2.75) is 26.2 Å². The average molecular weight is 387 g/mol. The maximum atomic E-state index is 12.3. The van der Waals surface area contributed by atoms with Gasteiger partial charge in [0.25, 0.3) is 0 Å². The SMILES string of the molecule is Cc1cc(OCc2ccccc2)ccc1C1CN(Cc2ccccc2)C(=O)CO1. The molecule has 1 atom stereocenters. The molecule has 1 aliphatic heterocycles. The number of benzene rings is 3. The molecular formula is C25H25NO3. The molecule has 1 fully saturated rings. The van der Waals surface area contributed by atoms with E-state index in [0.29, 0.717) is 19.7 Å². The number of nitrogens with zero attached hydrogens (tertiary/aromatic N) is 1. The van der Waals surface area contributed by atoms with Crippen LogP contribution in [-0.2, 0) is 22.7 Å². The molecule has 0 N–H and O–H groups in total. The van der Waals surface area contributed by atoms with E-state index in [2.05, 4.69) is 25.1 Å². The summed E-state index contributed by atoms with van der Waals surface area (Å²) in [4.78, 5) is 14.2. The summed E-state index contributed by atoms with van der Waals surface area (Å²) in [6.45, 7) is 3.88. The highest BCUT2D eigenvalue weighted by atomic mass is 16.5. The van der Waals surface area contributed by atoms with E-state index in [1.165, 1.54) is 0 Å². The van der Waals surface area contributed by atoms with Gasteiger partial charge in [0.2, 0.25) is 5.91 Å². The summed E-state index contributed by atoms with van der Waals surface area (Å²) in [6, 6.07) is 26.3. The predicted octanol–water partition coefficient (Wildman–Crippen LogP) is 4.67. The van der Waals surface area contributed by atoms with Gasteiger partial charge in [0.15, 0.2) is 0 Å². The zero-order valence-electron chi connectivity index (χ0n) is 16.6. The molecule has 4 rings (SSSR count). The van der Waals surface area contributed by atoms with Crippen LogP contribution >= 0.6 is 0 Å². The van der Waals surface area contributed by atoms with Crippen molar-refractivity contribution in [3.63, 3.8) is 0 Å². The Balaban J connectivity index is 1.42. The predicted molar refractivity (Wildman–Crippen MR) is 113 cm³/mol. The lowest BCUT2D eigenvalue weighted by molar-refractivity contribution is -0.150. The smallest absolute Gasteiger partial charge is 0.249 e. The molecule has 0 aliphatic carbocycles. The number of hydrogen-bond donors (Lipinski definition) is 0. The van der Waals surface area contributed by atoms with Crippen molar-refractivity contribution in [1.82, 2.24) is 4.90 Å². The topological polar surface area (TPSA) is 38.8 Å². The van der Waals surface area contributed by atoms with Crippen molar-refractivity contribution < 1.29 is 14.3 Å². The number of morpholine rings is 1. The second kappa shape index (κ2) is 8.93. The van der Waals surface area contributed by atoms with Crippen LogP contribution in [0.3, 0.4) is 0 Å². The summed E-state index contributed by atoms with van der Waals surface area (Å²) in [5.41, 5.74) is 4.47. The Morgan fingerprint density at radius 1 is 0.966 bits per heavy atom. The first-order valence-corrected chi connectivity index (χ1v) is 9.89. The Labute approximate surface area is 171 Å². The molecule has 29 heavy (non-hydrogen) atoms. The van der Waals surface area contributed by atoms with Gasteiger partial charge in [-0.05, 0) is 41.3 Å². The minimum atomic E-state index is -0.125. The fraction of sp³-hybridized carbons (Fsp3) is 0.240. The van der Waals surface area contributed by atoms with E-state index >= 15 is 0 Å². The number of carbonyl (C=O) groups excluding carboxylic acids is 1. The van der Waals surface area contributed by atoms with Crippen molar-refractivity contribution in [1.29, 1.82) is 0 Å². The largest absolute Gasteiger partial charge is 0.489 e. The lowest BCUT2D eigenvalue weighted by Gasteiger charge is -2.33. The van der Waals surface area contributed by atoms with Crippen LogP contribution in [0.1, 0.15) is 28.4 Å². The van der Waals surface area contributed by atoms with Gasteiger partial charge in [-0.1, -0.05) is 66.7 Å².